The fourth-order valence-corrected chi connectivity index (χ4v) is 6.31. The smallest absolute Gasteiger partial charge is 0.306 e. The van der Waals surface area contributed by atoms with Crippen molar-refractivity contribution in [3.8, 4) is 0 Å². The van der Waals surface area contributed by atoms with Crippen molar-refractivity contribution in [2.24, 2.45) is 0 Å². The van der Waals surface area contributed by atoms with Crippen LogP contribution in [0.2, 0.25) is 0 Å². The first-order chi connectivity index (χ1) is 25.1. The van der Waals surface area contributed by atoms with Gasteiger partial charge in [-0.25, -0.2) is 0 Å². The van der Waals surface area contributed by atoms with Gasteiger partial charge < -0.3 is 27.9 Å². The predicted octanol–water partition coefficient (Wildman–Crippen LogP) is 11.6. The molecule has 0 saturated carbocycles. The average molecular weight is 756 g/mol. The molecule has 0 heterocycles. The van der Waals surface area contributed by atoms with Gasteiger partial charge in [0.15, 0.2) is 0 Å². The number of phosphoric ester groups is 1. The number of phosphoric acid groups is 1. The number of esters is 1. The summed E-state index contributed by atoms with van der Waals surface area (Å²) in [5.74, 6) is -0.342. The maximum Gasteiger partial charge on any atom is 0.306 e. The summed E-state index contributed by atoms with van der Waals surface area (Å²) in [6.07, 6.45) is 41.5. The van der Waals surface area contributed by atoms with Crippen LogP contribution in [0.25, 0.3) is 0 Å². The lowest BCUT2D eigenvalue weighted by Gasteiger charge is -2.28. The summed E-state index contributed by atoms with van der Waals surface area (Å²) >= 11 is 0. The van der Waals surface area contributed by atoms with Gasteiger partial charge in [0.05, 0.1) is 34.4 Å². The first-order valence-electron chi connectivity index (χ1n) is 21.2. The van der Waals surface area contributed by atoms with Crippen molar-refractivity contribution in [1.82, 2.24) is 0 Å². The van der Waals surface area contributed by atoms with Crippen molar-refractivity contribution in [2.45, 2.75) is 180 Å². The molecule has 52 heavy (non-hydrogen) atoms. The van der Waals surface area contributed by atoms with Gasteiger partial charge in [-0.3, -0.25) is 9.36 Å². The zero-order chi connectivity index (χ0) is 38.4. The fraction of sp³-hybridized carbons (Fsp3) is 0.837. The zero-order valence-corrected chi connectivity index (χ0v) is 35.4. The third-order valence-corrected chi connectivity index (χ3v) is 9.86. The molecule has 306 valence electrons. The molecule has 0 aromatic rings. The molecular formula is C43H82NO7P. The summed E-state index contributed by atoms with van der Waals surface area (Å²) in [7, 11) is 1.35. The molecule has 2 unspecified atom stereocenters. The Bertz CT molecular complexity index is 931. The van der Waals surface area contributed by atoms with Crippen molar-refractivity contribution >= 4 is 13.8 Å². The maximum atomic E-state index is 12.7. The Morgan fingerprint density at radius 3 is 1.65 bits per heavy atom. The minimum absolute atomic E-state index is 0.0238. The molecule has 0 aliphatic rings. The van der Waals surface area contributed by atoms with Crippen LogP contribution in [0, 0.1) is 0 Å². The molecule has 0 N–H and O–H groups in total. The van der Waals surface area contributed by atoms with E-state index < -0.39 is 13.9 Å². The molecule has 0 aromatic heterocycles. The Morgan fingerprint density at radius 2 is 1.10 bits per heavy atom. The van der Waals surface area contributed by atoms with Gasteiger partial charge in [-0.15, -0.1) is 0 Å². The van der Waals surface area contributed by atoms with Gasteiger partial charge in [-0.2, -0.15) is 0 Å². The van der Waals surface area contributed by atoms with Crippen molar-refractivity contribution in [3.63, 3.8) is 0 Å². The molecule has 0 aliphatic carbocycles. The normalized spacial score (nSPS) is 14.2. The number of unbranched alkanes of at least 4 members (excludes halogenated alkanes) is 19. The van der Waals surface area contributed by atoms with Gasteiger partial charge in [0.2, 0.25) is 0 Å². The summed E-state index contributed by atoms with van der Waals surface area (Å²) in [5, 5.41) is 0. The quantitative estimate of drug-likeness (QED) is 0.0203. The SMILES string of the molecule is CCC/C=C\CCCCCCCCOCC(COP(=O)([O-])OCC[N+](C)(C)C)OC(=O)CCCCCCCCCCC/C=C\C/C=C\CCCCC. The summed E-state index contributed by atoms with van der Waals surface area (Å²) in [6, 6.07) is 0. The van der Waals surface area contributed by atoms with Crippen LogP contribution < -0.4 is 4.89 Å². The van der Waals surface area contributed by atoms with E-state index in [1.54, 1.807) is 0 Å². The van der Waals surface area contributed by atoms with Crippen LogP contribution in [0.4, 0.5) is 0 Å². The number of hydrogen-bond acceptors (Lipinski definition) is 7. The van der Waals surface area contributed by atoms with Crippen LogP contribution in [-0.4, -0.2) is 70.7 Å². The highest BCUT2D eigenvalue weighted by Gasteiger charge is 2.20. The lowest BCUT2D eigenvalue weighted by atomic mass is 10.1. The molecule has 0 aliphatic heterocycles. The Kier molecular flexibility index (Phi) is 35.8. The van der Waals surface area contributed by atoms with Crippen LogP contribution in [0.1, 0.15) is 174 Å². The second-order valence-corrected chi connectivity index (χ2v) is 16.8. The molecular weight excluding hydrogens is 673 g/mol. The molecule has 0 bridgehead atoms. The van der Waals surface area contributed by atoms with E-state index in [-0.39, 0.29) is 25.8 Å². The highest BCUT2D eigenvalue weighted by Crippen LogP contribution is 2.38. The third kappa shape index (κ3) is 39.9. The van der Waals surface area contributed by atoms with E-state index in [1.807, 2.05) is 21.1 Å². The number of likely N-dealkylation sites (N-methyl/N-ethyl adjacent to an activating group) is 1. The standard InChI is InChI=1S/C43H82NO7P/c1-6-8-10-12-14-16-18-19-20-21-22-23-24-25-26-28-30-32-34-36-43(45)51-42(41-50-52(46,47)49-39-37-44(3,4)5)40-48-38-35-33-31-29-27-17-15-13-11-9-7-2/h11,13-14,16,19-20,42H,6-10,12,15,17-18,21-41H2,1-5H3/b13-11-,16-14-,20-19-. The van der Waals surface area contributed by atoms with E-state index in [9.17, 15) is 14.3 Å². The molecule has 0 radical (unpaired) electrons. The van der Waals surface area contributed by atoms with Crippen molar-refractivity contribution < 1.29 is 37.3 Å². The monoisotopic (exact) mass is 756 g/mol. The van der Waals surface area contributed by atoms with E-state index in [4.69, 9.17) is 18.5 Å². The van der Waals surface area contributed by atoms with Gasteiger partial charge in [0.25, 0.3) is 7.82 Å². The van der Waals surface area contributed by atoms with Crippen LogP contribution in [0.15, 0.2) is 36.5 Å². The van der Waals surface area contributed by atoms with Gasteiger partial charge in [0.1, 0.15) is 19.3 Å². The Labute approximate surface area is 321 Å². The fourth-order valence-electron chi connectivity index (χ4n) is 5.58. The van der Waals surface area contributed by atoms with E-state index >= 15 is 0 Å². The molecule has 0 spiro atoms. The Morgan fingerprint density at radius 1 is 0.596 bits per heavy atom. The summed E-state index contributed by atoms with van der Waals surface area (Å²) in [6.45, 7) is 5.31. The van der Waals surface area contributed by atoms with E-state index in [0.717, 1.165) is 38.5 Å². The third-order valence-electron chi connectivity index (χ3n) is 8.89. The molecule has 9 heteroatoms. The Hall–Kier alpha value is -1.28. The highest BCUT2D eigenvalue weighted by molar-refractivity contribution is 7.45. The minimum atomic E-state index is -4.52. The molecule has 0 fully saturated rings. The lowest BCUT2D eigenvalue weighted by molar-refractivity contribution is -0.870. The number of carbonyl (C=O) groups excluding carboxylic acids is 1. The number of nitrogens with zero attached hydrogens (tertiary/aromatic N) is 1. The maximum absolute atomic E-state index is 12.7. The molecule has 8 nitrogen and oxygen atoms in total. The van der Waals surface area contributed by atoms with Crippen LogP contribution in [0.3, 0.4) is 0 Å². The first kappa shape index (κ1) is 50.7. The van der Waals surface area contributed by atoms with Gasteiger partial charge >= 0.3 is 5.97 Å². The molecule has 2 atom stereocenters. The van der Waals surface area contributed by atoms with Crippen molar-refractivity contribution in [2.75, 3.05) is 54.1 Å². The minimum Gasteiger partial charge on any atom is -0.756 e. The molecule has 0 saturated heterocycles. The van der Waals surface area contributed by atoms with E-state index in [1.165, 1.54) is 116 Å². The second-order valence-electron chi connectivity index (χ2n) is 15.3. The summed E-state index contributed by atoms with van der Waals surface area (Å²) in [4.78, 5) is 25.0. The first-order valence-corrected chi connectivity index (χ1v) is 22.7. The van der Waals surface area contributed by atoms with E-state index in [2.05, 4.69) is 50.3 Å². The van der Waals surface area contributed by atoms with Crippen LogP contribution in [-0.2, 0) is 27.9 Å². The number of allylic oxidation sites excluding steroid dienone is 6. The second kappa shape index (κ2) is 36.7. The largest absolute Gasteiger partial charge is 0.756 e. The van der Waals surface area contributed by atoms with Gasteiger partial charge in [-0.1, -0.05) is 140 Å². The number of quaternary nitrogens is 1. The van der Waals surface area contributed by atoms with Crippen molar-refractivity contribution in [3.05, 3.63) is 36.5 Å². The summed E-state index contributed by atoms with van der Waals surface area (Å²) < 4.78 is 34.5. The number of rotatable bonds is 39. The topological polar surface area (TPSA) is 94.1 Å². The zero-order valence-electron chi connectivity index (χ0n) is 34.5. The predicted molar refractivity (Wildman–Crippen MR) is 217 cm³/mol. The Balaban J connectivity index is 4.21. The molecule has 0 aromatic carbocycles. The van der Waals surface area contributed by atoms with Crippen LogP contribution >= 0.6 is 7.82 Å². The van der Waals surface area contributed by atoms with Gasteiger partial charge in [-0.05, 0) is 64.2 Å². The number of ether oxygens (including phenoxy) is 2. The van der Waals surface area contributed by atoms with Gasteiger partial charge in [0, 0.05) is 13.0 Å². The number of hydrogen-bond donors (Lipinski definition) is 0. The molecule has 0 amide bonds. The highest BCUT2D eigenvalue weighted by atomic mass is 31.2. The average Bonchev–Trinajstić information content (AvgIpc) is 3.09. The van der Waals surface area contributed by atoms with Crippen LogP contribution in [0.5, 0.6) is 0 Å². The number of carbonyl (C=O) groups is 1. The summed E-state index contributed by atoms with van der Waals surface area (Å²) in [5.41, 5.74) is 0. The lowest BCUT2D eigenvalue weighted by Crippen LogP contribution is -2.37. The van der Waals surface area contributed by atoms with Crippen molar-refractivity contribution in [1.29, 1.82) is 0 Å². The molecule has 0 rings (SSSR count). The van der Waals surface area contributed by atoms with E-state index in [0.29, 0.717) is 24.1 Å².